The van der Waals surface area contributed by atoms with Crippen LogP contribution in [0.5, 0.6) is 5.75 Å². The van der Waals surface area contributed by atoms with Gasteiger partial charge in [0.05, 0.1) is 11.7 Å². The van der Waals surface area contributed by atoms with Crippen LogP contribution in [-0.2, 0) is 16.1 Å². The number of piperidine rings is 1. The fourth-order valence-corrected chi connectivity index (χ4v) is 3.77. The van der Waals surface area contributed by atoms with Crippen molar-refractivity contribution in [3.8, 4) is 5.75 Å². The summed E-state index contributed by atoms with van der Waals surface area (Å²) in [6, 6.07) is 16.5. The number of likely N-dealkylation sites (N-methyl/N-ethyl adjacent to an activating group) is 1. The summed E-state index contributed by atoms with van der Waals surface area (Å²) in [6.07, 6.45) is 1.39. The van der Waals surface area contributed by atoms with E-state index in [9.17, 15) is 14.7 Å². The van der Waals surface area contributed by atoms with E-state index in [0.717, 1.165) is 5.56 Å². The van der Waals surface area contributed by atoms with Gasteiger partial charge in [-0.2, -0.15) is 0 Å². The molecule has 0 saturated carbocycles. The normalized spacial score (nSPS) is 16.2. The largest absolute Gasteiger partial charge is 0.506 e. The van der Waals surface area contributed by atoms with Crippen molar-refractivity contribution in [1.29, 1.82) is 0 Å². The summed E-state index contributed by atoms with van der Waals surface area (Å²) < 4.78 is 0. The summed E-state index contributed by atoms with van der Waals surface area (Å²) in [6.45, 7) is 3.92. The zero-order valence-electron chi connectivity index (χ0n) is 17.0. The maximum absolute atomic E-state index is 12.8. The summed E-state index contributed by atoms with van der Waals surface area (Å²) in [4.78, 5) is 29.3. The average Bonchev–Trinajstić information content (AvgIpc) is 2.75. The molecular formula is C23H29N3O3. The molecule has 6 heteroatoms. The van der Waals surface area contributed by atoms with Gasteiger partial charge < -0.3 is 15.3 Å². The van der Waals surface area contributed by atoms with Gasteiger partial charge in [0, 0.05) is 19.5 Å². The predicted octanol–water partition coefficient (Wildman–Crippen LogP) is 3.09. The van der Waals surface area contributed by atoms with E-state index in [1.807, 2.05) is 44.3 Å². The van der Waals surface area contributed by atoms with Crippen molar-refractivity contribution >= 4 is 17.5 Å². The Kier molecular flexibility index (Phi) is 6.88. The van der Waals surface area contributed by atoms with Gasteiger partial charge in [-0.25, -0.2) is 0 Å². The minimum absolute atomic E-state index is 0.0685. The number of carbonyl (C=O) groups is 2. The van der Waals surface area contributed by atoms with E-state index in [4.69, 9.17) is 0 Å². The van der Waals surface area contributed by atoms with Crippen LogP contribution >= 0.6 is 0 Å². The number of phenols is 1. The van der Waals surface area contributed by atoms with Crippen LogP contribution in [0, 0.1) is 5.92 Å². The number of nitrogens with one attached hydrogen (secondary N) is 1. The Labute approximate surface area is 172 Å². The Balaban J connectivity index is 1.49. The molecule has 6 nitrogen and oxygen atoms in total. The van der Waals surface area contributed by atoms with Crippen molar-refractivity contribution in [3.05, 3.63) is 60.2 Å². The maximum atomic E-state index is 12.8. The fourth-order valence-electron chi connectivity index (χ4n) is 3.77. The highest BCUT2D eigenvalue weighted by molar-refractivity contribution is 5.94. The summed E-state index contributed by atoms with van der Waals surface area (Å²) in [5.41, 5.74) is 1.54. The SMILES string of the molecule is CC(C(=O)N(C)Cc1ccccc1)N1CCC(C(=O)Nc2ccccc2O)CC1. The third kappa shape index (κ3) is 5.35. The van der Waals surface area contributed by atoms with E-state index in [1.165, 1.54) is 0 Å². The zero-order chi connectivity index (χ0) is 20.8. The van der Waals surface area contributed by atoms with E-state index >= 15 is 0 Å². The number of anilines is 1. The molecule has 1 aliphatic heterocycles. The molecule has 154 valence electrons. The summed E-state index contributed by atoms with van der Waals surface area (Å²) in [7, 11) is 1.83. The third-order valence-corrected chi connectivity index (χ3v) is 5.61. The Morgan fingerprint density at radius 3 is 2.38 bits per heavy atom. The van der Waals surface area contributed by atoms with E-state index in [1.54, 1.807) is 29.2 Å². The smallest absolute Gasteiger partial charge is 0.239 e. The number of carbonyl (C=O) groups excluding carboxylic acids is 2. The minimum atomic E-state index is -0.217. The highest BCUT2D eigenvalue weighted by Gasteiger charge is 2.31. The Hall–Kier alpha value is -2.86. The lowest BCUT2D eigenvalue weighted by Crippen LogP contribution is -2.49. The van der Waals surface area contributed by atoms with Crippen molar-refractivity contribution in [2.75, 3.05) is 25.5 Å². The lowest BCUT2D eigenvalue weighted by atomic mass is 9.94. The number of benzene rings is 2. The van der Waals surface area contributed by atoms with Crippen molar-refractivity contribution in [2.24, 2.45) is 5.92 Å². The lowest BCUT2D eigenvalue weighted by Gasteiger charge is -2.36. The number of amides is 2. The van der Waals surface area contributed by atoms with Crippen LogP contribution in [0.1, 0.15) is 25.3 Å². The topological polar surface area (TPSA) is 72.9 Å². The van der Waals surface area contributed by atoms with Crippen LogP contribution in [0.15, 0.2) is 54.6 Å². The Bertz CT molecular complexity index is 832. The van der Waals surface area contributed by atoms with Gasteiger partial charge in [-0.3, -0.25) is 14.5 Å². The number of hydrogen-bond donors (Lipinski definition) is 2. The summed E-state index contributed by atoms with van der Waals surface area (Å²) >= 11 is 0. The van der Waals surface area contributed by atoms with Gasteiger partial charge in [0.15, 0.2) is 0 Å². The number of aromatic hydroxyl groups is 1. The molecule has 1 fully saturated rings. The minimum Gasteiger partial charge on any atom is -0.506 e. The van der Waals surface area contributed by atoms with Gasteiger partial charge in [0.2, 0.25) is 11.8 Å². The van der Waals surface area contributed by atoms with E-state index in [0.29, 0.717) is 38.2 Å². The molecule has 2 amide bonds. The van der Waals surface area contributed by atoms with Gasteiger partial charge >= 0.3 is 0 Å². The Morgan fingerprint density at radius 2 is 1.72 bits per heavy atom. The quantitative estimate of drug-likeness (QED) is 0.738. The van der Waals surface area contributed by atoms with Gasteiger partial charge in [0.25, 0.3) is 0 Å². The molecule has 29 heavy (non-hydrogen) atoms. The average molecular weight is 396 g/mol. The number of para-hydroxylation sites is 2. The standard InChI is InChI=1S/C23H29N3O3/c1-17(23(29)25(2)16-18-8-4-3-5-9-18)26-14-12-19(13-15-26)22(28)24-20-10-6-7-11-21(20)27/h3-11,17,19,27H,12-16H2,1-2H3,(H,24,28). The van der Waals surface area contributed by atoms with Crippen molar-refractivity contribution in [1.82, 2.24) is 9.80 Å². The highest BCUT2D eigenvalue weighted by atomic mass is 16.3. The van der Waals surface area contributed by atoms with Crippen LogP contribution < -0.4 is 5.32 Å². The van der Waals surface area contributed by atoms with Gasteiger partial charge in [-0.1, -0.05) is 42.5 Å². The molecule has 2 aromatic carbocycles. The van der Waals surface area contributed by atoms with Crippen molar-refractivity contribution < 1.29 is 14.7 Å². The molecule has 0 aliphatic carbocycles. The van der Waals surface area contributed by atoms with E-state index < -0.39 is 0 Å². The van der Waals surface area contributed by atoms with Gasteiger partial charge in [0.1, 0.15) is 5.75 Å². The third-order valence-electron chi connectivity index (χ3n) is 5.61. The number of nitrogens with zero attached hydrogens (tertiary/aromatic N) is 2. The fraction of sp³-hybridized carbons (Fsp3) is 0.391. The van der Waals surface area contributed by atoms with E-state index in [-0.39, 0.29) is 29.5 Å². The molecule has 1 saturated heterocycles. The predicted molar refractivity (Wildman–Crippen MR) is 113 cm³/mol. The van der Waals surface area contributed by atoms with Crippen LogP contribution in [0.2, 0.25) is 0 Å². The summed E-state index contributed by atoms with van der Waals surface area (Å²) in [5.74, 6) is -0.0357. The number of phenolic OH excluding ortho intramolecular Hbond substituents is 1. The molecule has 1 atom stereocenters. The molecule has 0 aromatic heterocycles. The van der Waals surface area contributed by atoms with Crippen LogP contribution in [-0.4, -0.2) is 52.9 Å². The van der Waals surface area contributed by atoms with Crippen LogP contribution in [0.25, 0.3) is 0 Å². The first kappa shape index (κ1) is 20.9. The maximum Gasteiger partial charge on any atom is 0.239 e. The molecule has 2 aromatic rings. The Morgan fingerprint density at radius 1 is 1.10 bits per heavy atom. The first-order chi connectivity index (χ1) is 14.0. The molecule has 3 rings (SSSR count). The van der Waals surface area contributed by atoms with Crippen molar-refractivity contribution in [2.45, 2.75) is 32.4 Å². The first-order valence-electron chi connectivity index (χ1n) is 10.1. The second kappa shape index (κ2) is 9.56. The second-order valence-electron chi connectivity index (χ2n) is 7.67. The number of rotatable bonds is 6. The van der Waals surface area contributed by atoms with Crippen molar-refractivity contribution in [3.63, 3.8) is 0 Å². The van der Waals surface area contributed by atoms with Crippen LogP contribution in [0.3, 0.4) is 0 Å². The molecule has 1 aliphatic rings. The monoisotopic (exact) mass is 395 g/mol. The first-order valence-corrected chi connectivity index (χ1v) is 10.1. The molecule has 0 spiro atoms. The molecule has 0 radical (unpaired) electrons. The number of likely N-dealkylation sites (tertiary alicyclic amines) is 1. The molecular weight excluding hydrogens is 366 g/mol. The van der Waals surface area contributed by atoms with E-state index in [2.05, 4.69) is 10.2 Å². The lowest BCUT2D eigenvalue weighted by molar-refractivity contribution is -0.136. The zero-order valence-corrected chi connectivity index (χ0v) is 17.0. The molecule has 1 heterocycles. The molecule has 1 unspecified atom stereocenters. The molecule has 2 N–H and O–H groups in total. The number of hydrogen-bond acceptors (Lipinski definition) is 4. The summed E-state index contributed by atoms with van der Waals surface area (Å²) in [5, 5.41) is 12.6. The highest BCUT2D eigenvalue weighted by Crippen LogP contribution is 2.25. The van der Waals surface area contributed by atoms with Gasteiger partial charge in [-0.15, -0.1) is 0 Å². The second-order valence-corrected chi connectivity index (χ2v) is 7.67. The van der Waals surface area contributed by atoms with Crippen LogP contribution in [0.4, 0.5) is 5.69 Å². The molecule has 0 bridgehead atoms. The van der Waals surface area contributed by atoms with Gasteiger partial charge in [-0.05, 0) is 50.6 Å².